The third-order valence-corrected chi connectivity index (χ3v) is 1.71. The molecule has 0 unspecified atom stereocenters. The number of carbonyl (C=O) groups is 1. The second-order valence-corrected chi connectivity index (χ2v) is 2.81. The maximum absolute atomic E-state index is 10.9. The number of rotatable bonds is 9. The van der Waals surface area contributed by atoms with Gasteiger partial charge < -0.3 is 9.47 Å². The lowest BCUT2D eigenvalue weighted by molar-refractivity contribution is -0.119. The lowest BCUT2D eigenvalue weighted by Gasteiger charge is -2.03. The van der Waals surface area contributed by atoms with Crippen LogP contribution in [0.25, 0.3) is 0 Å². The van der Waals surface area contributed by atoms with E-state index >= 15 is 0 Å². The van der Waals surface area contributed by atoms with Crippen molar-refractivity contribution in [3.8, 4) is 0 Å². The molecule has 0 aliphatic carbocycles. The molecule has 0 fully saturated rings. The van der Waals surface area contributed by atoms with Gasteiger partial charge in [0.25, 0.3) is 0 Å². The summed E-state index contributed by atoms with van der Waals surface area (Å²) < 4.78 is 10.3. The van der Waals surface area contributed by atoms with Gasteiger partial charge in [-0.15, -0.1) is 0 Å². The Kier molecular flexibility index (Phi) is 9.37. The summed E-state index contributed by atoms with van der Waals surface area (Å²) in [6.07, 6.45) is 2.11. The second kappa shape index (κ2) is 9.68. The minimum Gasteiger partial charge on any atom is -0.379 e. The zero-order valence-electron chi connectivity index (χ0n) is 8.67. The standard InChI is InChI=1S/C10H20O3/c1-3-10(11)6-5-7-13-9-8-12-4-2/h3-9H2,1-2H3. The Morgan fingerprint density at radius 1 is 1.08 bits per heavy atom. The monoisotopic (exact) mass is 188 g/mol. The highest BCUT2D eigenvalue weighted by Crippen LogP contribution is 1.94. The SMILES string of the molecule is CCOCCOCCCC(=O)CC. The van der Waals surface area contributed by atoms with Gasteiger partial charge in [-0.3, -0.25) is 4.79 Å². The lowest BCUT2D eigenvalue weighted by atomic mass is 10.2. The van der Waals surface area contributed by atoms with Crippen molar-refractivity contribution in [3.05, 3.63) is 0 Å². The Bertz CT molecular complexity index is 123. The molecule has 0 saturated carbocycles. The molecule has 0 aliphatic rings. The van der Waals surface area contributed by atoms with Crippen molar-refractivity contribution in [2.24, 2.45) is 0 Å². The van der Waals surface area contributed by atoms with Gasteiger partial charge in [-0.25, -0.2) is 0 Å². The van der Waals surface area contributed by atoms with Gasteiger partial charge in [0, 0.05) is 26.1 Å². The summed E-state index contributed by atoms with van der Waals surface area (Å²) in [4.78, 5) is 10.9. The summed E-state index contributed by atoms with van der Waals surface area (Å²) in [5.41, 5.74) is 0. The molecule has 0 N–H and O–H groups in total. The summed E-state index contributed by atoms with van der Waals surface area (Å²) in [5, 5.41) is 0. The van der Waals surface area contributed by atoms with E-state index in [4.69, 9.17) is 9.47 Å². The van der Waals surface area contributed by atoms with Crippen molar-refractivity contribution in [1.82, 2.24) is 0 Å². The first-order chi connectivity index (χ1) is 6.31. The molecule has 0 aliphatic heterocycles. The zero-order valence-corrected chi connectivity index (χ0v) is 8.67. The molecule has 3 heteroatoms. The van der Waals surface area contributed by atoms with Gasteiger partial charge in [-0.1, -0.05) is 6.92 Å². The summed E-state index contributed by atoms with van der Waals surface area (Å²) in [6.45, 7) is 6.53. The molecule has 0 spiro atoms. The van der Waals surface area contributed by atoms with Gasteiger partial charge in [0.2, 0.25) is 0 Å². The first-order valence-corrected chi connectivity index (χ1v) is 4.98. The van der Waals surface area contributed by atoms with E-state index in [1.54, 1.807) is 0 Å². The van der Waals surface area contributed by atoms with Crippen LogP contribution in [0.1, 0.15) is 33.1 Å². The fourth-order valence-corrected chi connectivity index (χ4v) is 0.912. The van der Waals surface area contributed by atoms with Crippen molar-refractivity contribution in [2.75, 3.05) is 26.4 Å². The van der Waals surface area contributed by atoms with Crippen LogP contribution in [0.3, 0.4) is 0 Å². The molecule has 3 nitrogen and oxygen atoms in total. The Labute approximate surface area is 80.4 Å². The van der Waals surface area contributed by atoms with Crippen molar-refractivity contribution in [3.63, 3.8) is 0 Å². The smallest absolute Gasteiger partial charge is 0.132 e. The molecule has 0 amide bonds. The first-order valence-electron chi connectivity index (χ1n) is 4.98. The topological polar surface area (TPSA) is 35.5 Å². The van der Waals surface area contributed by atoms with Crippen molar-refractivity contribution in [1.29, 1.82) is 0 Å². The number of hydrogen-bond acceptors (Lipinski definition) is 3. The molecule has 0 aromatic rings. The Hall–Kier alpha value is -0.410. The third kappa shape index (κ3) is 9.50. The number of ketones is 1. The van der Waals surface area contributed by atoms with Crippen molar-refractivity contribution < 1.29 is 14.3 Å². The van der Waals surface area contributed by atoms with E-state index < -0.39 is 0 Å². The van der Waals surface area contributed by atoms with Crippen LogP contribution in [-0.2, 0) is 14.3 Å². The van der Waals surface area contributed by atoms with Gasteiger partial charge in [0.15, 0.2) is 0 Å². The fraction of sp³-hybridized carbons (Fsp3) is 0.900. The quantitative estimate of drug-likeness (QED) is 0.517. The van der Waals surface area contributed by atoms with Crippen LogP contribution in [0.5, 0.6) is 0 Å². The van der Waals surface area contributed by atoms with Crippen LogP contribution in [0.4, 0.5) is 0 Å². The number of Topliss-reactive ketones (excluding diaryl/α,β-unsaturated/α-hetero) is 1. The van der Waals surface area contributed by atoms with E-state index in [9.17, 15) is 4.79 Å². The van der Waals surface area contributed by atoms with E-state index in [1.807, 2.05) is 13.8 Å². The summed E-state index contributed by atoms with van der Waals surface area (Å²) in [6, 6.07) is 0. The molecule has 13 heavy (non-hydrogen) atoms. The van der Waals surface area contributed by atoms with Crippen LogP contribution < -0.4 is 0 Å². The minimum absolute atomic E-state index is 0.313. The van der Waals surface area contributed by atoms with Gasteiger partial charge >= 0.3 is 0 Å². The van der Waals surface area contributed by atoms with Gasteiger partial charge in [-0.2, -0.15) is 0 Å². The lowest BCUT2D eigenvalue weighted by Crippen LogP contribution is -2.06. The average Bonchev–Trinajstić information content (AvgIpc) is 2.16. The van der Waals surface area contributed by atoms with Crippen LogP contribution in [-0.4, -0.2) is 32.2 Å². The number of carbonyl (C=O) groups excluding carboxylic acids is 1. The van der Waals surface area contributed by atoms with E-state index in [0.29, 0.717) is 38.4 Å². The predicted octanol–water partition coefficient (Wildman–Crippen LogP) is 1.80. The minimum atomic E-state index is 0.313. The largest absolute Gasteiger partial charge is 0.379 e. The molecule has 0 atom stereocenters. The Morgan fingerprint density at radius 2 is 1.77 bits per heavy atom. The first kappa shape index (κ1) is 12.6. The van der Waals surface area contributed by atoms with Crippen molar-refractivity contribution in [2.45, 2.75) is 33.1 Å². The molecule has 0 bridgehead atoms. The molecule has 0 heterocycles. The normalized spacial score (nSPS) is 10.3. The number of ether oxygens (including phenoxy) is 2. The maximum Gasteiger partial charge on any atom is 0.132 e. The predicted molar refractivity (Wildman–Crippen MR) is 51.8 cm³/mol. The molecule has 0 aromatic heterocycles. The van der Waals surface area contributed by atoms with Gasteiger partial charge in [0.05, 0.1) is 13.2 Å². The van der Waals surface area contributed by atoms with Gasteiger partial charge in [0.1, 0.15) is 5.78 Å². The molecule has 78 valence electrons. The fourth-order valence-electron chi connectivity index (χ4n) is 0.912. The summed E-state index contributed by atoms with van der Waals surface area (Å²) >= 11 is 0. The molecular weight excluding hydrogens is 168 g/mol. The second-order valence-electron chi connectivity index (χ2n) is 2.81. The summed E-state index contributed by atoms with van der Waals surface area (Å²) in [7, 11) is 0. The molecule has 0 aromatic carbocycles. The van der Waals surface area contributed by atoms with Crippen LogP contribution in [0, 0.1) is 0 Å². The van der Waals surface area contributed by atoms with Crippen LogP contribution >= 0.6 is 0 Å². The zero-order chi connectivity index (χ0) is 9.94. The highest BCUT2D eigenvalue weighted by atomic mass is 16.5. The Balaban J connectivity index is 2.95. The molecule has 0 rings (SSSR count). The van der Waals surface area contributed by atoms with E-state index in [2.05, 4.69) is 0 Å². The molecule has 0 saturated heterocycles. The molecule has 0 radical (unpaired) electrons. The maximum atomic E-state index is 10.9. The van der Waals surface area contributed by atoms with Crippen LogP contribution in [0.15, 0.2) is 0 Å². The molecular formula is C10H20O3. The van der Waals surface area contributed by atoms with Gasteiger partial charge in [-0.05, 0) is 13.3 Å². The average molecular weight is 188 g/mol. The van der Waals surface area contributed by atoms with Crippen LogP contribution in [0.2, 0.25) is 0 Å². The van der Waals surface area contributed by atoms with E-state index in [-0.39, 0.29) is 0 Å². The number of hydrogen-bond donors (Lipinski definition) is 0. The van der Waals surface area contributed by atoms with Crippen molar-refractivity contribution >= 4 is 5.78 Å². The van der Waals surface area contributed by atoms with E-state index in [0.717, 1.165) is 13.0 Å². The highest BCUT2D eigenvalue weighted by molar-refractivity contribution is 5.77. The Morgan fingerprint density at radius 3 is 2.38 bits per heavy atom. The third-order valence-electron chi connectivity index (χ3n) is 1.71. The summed E-state index contributed by atoms with van der Waals surface area (Å²) in [5.74, 6) is 0.313. The van der Waals surface area contributed by atoms with E-state index in [1.165, 1.54) is 0 Å². The highest BCUT2D eigenvalue weighted by Gasteiger charge is 1.97.